The molecule has 0 fully saturated rings. The Morgan fingerprint density at radius 3 is 2.48 bits per heavy atom. The summed E-state index contributed by atoms with van der Waals surface area (Å²) in [5, 5.41) is 20.9. The van der Waals surface area contributed by atoms with Crippen LogP contribution in [0.1, 0.15) is 23.6 Å². The molecule has 0 saturated carbocycles. The van der Waals surface area contributed by atoms with Crippen LogP contribution in [0.4, 0.5) is 0 Å². The maximum atomic E-state index is 11.0. The van der Waals surface area contributed by atoms with Crippen LogP contribution in [0, 0.1) is 11.3 Å². The molecule has 21 heavy (non-hydrogen) atoms. The smallest absolute Gasteiger partial charge is 0.114 e. The number of fused-ring (bicyclic) bond motifs is 1. The summed E-state index contributed by atoms with van der Waals surface area (Å²) in [6, 6.07) is 18.7. The Kier molecular flexibility index (Phi) is 3.17. The average molecular weight is 274 g/mol. The Morgan fingerprint density at radius 1 is 1.05 bits per heavy atom. The number of rotatable bonds is 2. The predicted octanol–water partition coefficient (Wildman–Crippen LogP) is 3.36. The minimum absolute atomic E-state index is 0.575. The first-order chi connectivity index (χ1) is 10.1. The molecule has 0 aliphatic heterocycles. The monoisotopic (exact) mass is 274 g/mol. The minimum atomic E-state index is -1.16. The van der Waals surface area contributed by atoms with E-state index in [4.69, 9.17) is 5.26 Å². The Hall–Kier alpha value is -2.70. The van der Waals surface area contributed by atoms with Crippen LogP contribution in [0.25, 0.3) is 10.9 Å². The third kappa shape index (κ3) is 2.26. The number of hydrogen-bond donors (Lipinski definition) is 1. The summed E-state index contributed by atoms with van der Waals surface area (Å²) in [4.78, 5) is 4.39. The van der Waals surface area contributed by atoms with Crippen molar-refractivity contribution < 1.29 is 5.11 Å². The second-order valence-electron chi connectivity index (χ2n) is 5.14. The van der Waals surface area contributed by atoms with Crippen LogP contribution in [0.3, 0.4) is 0 Å². The Labute approximate surface area is 123 Å². The number of nitriles is 1. The maximum absolute atomic E-state index is 11.0. The minimum Gasteiger partial charge on any atom is -0.381 e. The van der Waals surface area contributed by atoms with Crippen molar-refractivity contribution in [2.45, 2.75) is 12.5 Å². The van der Waals surface area contributed by atoms with E-state index in [1.54, 1.807) is 37.4 Å². The van der Waals surface area contributed by atoms with Crippen molar-refractivity contribution >= 4 is 10.9 Å². The van der Waals surface area contributed by atoms with Gasteiger partial charge in [0.05, 0.1) is 17.1 Å². The summed E-state index contributed by atoms with van der Waals surface area (Å²) in [5.74, 6) is 0. The number of hydrogen-bond acceptors (Lipinski definition) is 3. The van der Waals surface area contributed by atoms with Crippen LogP contribution in [0.5, 0.6) is 0 Å². The molecule has 3 nitrogen and oxygen atoms in total. The molecule has 3 heteroatoms. The largest absolute Gasteiger partial charge is 0.381 e. The van der Waals surface area contributed by atoms with E-state index in [0.717, 1.165) is 22.0 Å². The molecule has 0 spiro atoms. The van der Waals surface area contributed by atoms with Gasteiger partial charge in [-0.05, 0) is 30.7 Å². The average Bonchev–Trinajstić information content (AvgIpc) is 2.54. The van der Waals surface area contributed by atoms with Gasteiger partial charge in [-0.1, -0.05) is 36.4 Å². The quantitative estimate of drug-likeness (QED) is 0.779. The second kappa shape index (κ2) is 5.01. The zero-order valence-corrected chi connectivity index (χ0v) is 11.6. The Balaban J connectivity index is 2.17. The summed E-state index contributed by atoms with van der Waals surface area (Å²) < 4.78 is 0. The predicted molar refractivity (Wildman–Crippen MR) is 81.6 cm³/mol. The fourth-order valence-corrected chi connectivity index (χ4v) is 2.52. The van der Waals surface area contributed by atoms with Crippen molar-refractivity contribution in [3.63, 3.8) is 0 Å². The topological polar surface area (TPSA) is 56.9 Å². The van der Waals surface area contributed by atoms with Crippen molar-refractivity contribution in [1.29, 1.82) is 5.26 Å². The van der Waals surface area contributed by atoms with E-state index in [-0.39, 0.29) is 0 Å². The molecule has 0 aliphatic carbocycles. The zero-order chi connectivity index (χ0) is 14.9. The summed E-state index contributed by atoms with van der Waals surface area (Å²) >= 11 is 0. The molecule has 3 aromatic rings. The van der Waals surface area contributed by atoms with E-state index >= 15 is 0 Å². The third-order valence-electron chi connectivity index (χ3n) is 3.73. The van der Waals surface area contributed by atoms with E-state index in [1.165, 1.54) is 0 Å². The molecule has 2 aromatic carbocycles. The standard InChI is InChI=1S/C18H14N2O/c1-18(21,15-9-7-13(12-19)8-10-15)16-6-2-4-14-5-3-11-20-17(14)16/h2-11,21H,1H3. The summed E-state index contributed by atoms with van der Waals surface area (Å²) in [5.41, 5.74) is 1.69. The fraction of sp³-hybridized carbons (Fsp3) is 0.111. The van der Waals surface area contributed by atoms with Gasteiger partial charge in [0.1, 0.15) is 5.60 Å². The van der Waals surface area contributed by atoms with Gasteiger partial charge in [0.2, 0.25) is 0 Å². The highest BCUT2D eigenvalue weighted by Gasteiger charge is 2.27. The molecule has 1 aromatic heterocycles. The van der Waals surface area contributed by atoms with Gasteiger partial charge >= 0.3 is 0 Å². The number of pyridine rings is 1. The SMILES string of the molecule is CC(O)(c1ccc(C#N)cc1)c1cccc2cccnc12. The summed E-state index contributed by atoms with van der Waals surface area (Å²) in [6.45, 7) is 1.75. The highest BCUT2D eigenvalue weighted by molar-refractivity contribution is 5.82. The Morgan fingerprint density at radius 2 is 1.76 bits per heavy atom. The van der Waals surface area contributed by atoms with E-state index in [9.17, 15) is 5.11 Å². The van der Waals surface area contributed by atoms with Gasteiger partial charge < -0.3 is 5.11 Å². The highest BCUT2D eigenvalue weighted by Crippen LogP contribution is 2.33. The van der Waals surface area contributed by atoms with Gasteiger partial charge in [0.25, 0.3) is 0 Å². The molecular formula is C18H14N2O. The van der Waals surface area contributed by atoms with Gasteiger partial charge in [0, 0.05) is 17.1 Å². The van der Waals surface area contributed by atoms with Crippen LogP contribution in [0.15, 0.2) is 60.8 Å². The molecule has 102 valence electrons. The maximum Gasteiger partial charge on any atom is 0.114 e. The van der Waals surface area contributed by atoms with E-state index in [2.05, 4.69) is 11.1 Å². The number of para-hydroxylation sites is 1. The molecule has 0 aliphatic rings. The van der Waals surface area contributed by atoms with E-state index in [0.29, 0.717) is 5.56 Å². The zero-order valence-electron chi connectivity index (χ0n) is 11.6. The normalized spacial score (nSPS) is 13.6. The first-order valence-corrected chi connectivity index (χ1v) is 6.70. The lowest BCUT2D eigenvalue weighted by atomic mass is 9.86. The molecular weight excluding hydrogens is 260 g/mol. The van der Waals surface area contributed by atoms with Gasteiger partial charge in [-0.15, -0.1) is 0 Å². The lowest BCUT2D eigenvalue weighted by molar-refractivity contribution is 0.104. The van der Waals surface area contributed by atoms with Crippen molar-refractivity contribution in [1.82, 2.24) is 4.98 Å². The van der Waals surface area contributed by atoms with Crippen LogP contribution in [0.2, 0.25) is 0 Å². The second-order valence-corrected chi connectivity index (χ2v) is 5.14. The van der Waals surface area contributed by atoms with E-state index in [1.807, 2.05) is 30.3 Å². The van der Waals surface area contributed by atoms with Gasteiger partial charge in [0.15, 0.2) is 0 Å². The van der Waals surface area contributed by atoms with Crippen molar-refractivity contribution in [2.75, 3.05) is 0 Å². The molecule has 1 N–H and O–H groups in total. The molecule has 0 radical (unpaired) electrons. The molecule has 1 heterocycles. The number of aromatic nitrogens is 1. The van der Waals surface area contributed by atoms with Crippen LogP contribution in [-0.4, -0.2) is 10.1 Å². The van der Waals surface area contributed by atoms with Crippen molar-refractivity contribution in [3.8, 4) is 6.07 Å². The van der Waals surface area contributed by atoms with E-state index < -0.39 is 5.60 Å². The lowest BCUT2D eigenvalue weighted by Gasteiger charge is -2.25. The first-order valence-electron chi connectivity index (χ1n) is 6.70. The van der Waals surface area contributed by atoms with Gasteiger partial charge in [-0.2, -0.15) is 5.26 Å². The lowest BCUT2D eigenvalue weighted by Crippen LogP contribution is -2.23. The summed E-state index contributed by atoms with van der Waals surface area (Å²) in [6.07, 6.45) is 1.72. The van der Waals surface area contributed by atoms with Gasteiger partial charge in [-0.25, -0.2) is 0 Å². The van der Waals surface area contributed by atoms with Gasteiger partial charge in [-0.3, -0.25) is 4.98 Å². The van der Waals surface area contributed by atoms with Crippen molar-refractivity contribution in [2.24, 2.45) is 0 Å². The van der Waals surface area contributed by atoms with Crippen LogP contribution >= 0.6 is 0 Å². The molecule has 1 unspecified atom stereocenters. The molecule has 0 bridgehead atoms. The third-order valence-corrected chi connectivity index (χ3v) is 3.73. The highest BCUT2D eigenvalue weighted by atomic mass is 16.3. The number of benzene rings is 2. The first kappa shape index (κ1) is 13.3. The fourth-order valence-electron chi connectivity index (χ4n) is 2.52. The summed E-state index contributed by atoms with van der Waals surface area (Å²) in [7, 11) is 0. The molecule has 0 amide bonds. The number of aliphatic hydroxyl groups is 1. The van der Waals surface area contributed by atoms with Crippen LogP contribution in [-0.2, 0) is 5.60 Å². The Bertz CT molecular complexity index is 824. The van der Waals surface area contributed by atoms with Crippen LogP contribution < -0.4 is 0 Å². The molecule has 1 atom stereocenters. The number of nitrogens with zero attached hydrogens (tertiary/aromatic N) is 2. The molecule has 0 saturated heterocycles. The van der Waals surface area contributed by atoms with Crippen molar-refractivity contribution in [3.05, 3.63) is 77.5 Å². The molecule has 3 rings (SSSR count).